The molecule has 88 valence electrons. The highest BCUT2D eigenvalue weighted by Crippen LogP contribution is 2.51. The first-order valence-electron chi connectivity index (χ1n) is 6.51. The van der Waals surface area contributed by atoms with Gasteiger partial charge < -0.3 is 10.1 Å². The summed E-state index contributed by atoms with van der Waals surface area (Å²) in [4.78, 5) is 0. The highest BCUT2D eigenvalue weighted by atomic mass is 16.5. The third-order valence-electron chi connectivity index (χ3n) is 4.36. The van der Waals surface area contributed by atoms with Crippen molar-refractivity contribution in [2.24, 2.45) is 11.3 Å². The van der Waals surface area contributed by atoms with E-state index >= 15 is 0 Å². The van der Waals surface area contributed by atoms with Gasteiger partial charge in [0.15, 0.2) is 0 Å². The van der Waals surface area contributed by atoms with Crippen molar-refractivity contribution < 1.29 is 4.74 Å². The van der Waals surface area contributed by atoms with Gasteiger partial charge >= 0.3 is 0 Å². The fraction of sp³-hybridized carbons (Fsp3) is 1.00. The number of hydrogen-bond acceptors (Lipinski definition) is 2. The van der Waals surface area contributed by atoms with Crippen molar-refractivity contribution in [1.82, 2.24) is 5.32 Å². The summed E-state index contributed by atoms with van der Waals surface area (Å²) in [5.74, 6) is 0.841. The van der Waals surface area contributed by atoms with Gasteiger partial charge in [-0.15, -0.1) is 0 Å². The number of ether oxygens (including phenoxy) is 1. The molecule has 15 heavy (non-hydrogen) atoms. The lowest BCUT2D eigenvalue weighted by Crippen LogP contribution is -2.47. The summed E-state index contributed by atoms with van der Waals surface area (Å²) in [5, 5.41) is 3.71. The molecule has 0 aliphatic heterocycles. The lowest BCUT2D eigenvalue weighted by atomic mass is 9.87. The Balaban J connectivity index is 1.60. The molecule has 1 N–H and O–H groups in total. The highest BCUT2D eigenvalue weighted by Gasteiger charge is 2.45. The Morgan fingerprint density at radius 1 is 1.33 bits per heavy atom. The molecule has 2 heteroatoms. The maximum atomic E-state index is 5.56. The van der Waals surface area contributed by atoms with Crippen molar-refractivity contribution in [3.8, 4) is 0 Å². The van der Waals surface area contributed by atoms with Crippen molar-refractivity contribution in [1.29, 1.82) is 0 Å². The molecule has 2 aliphatic carbocycles. The van der Waals surface area contributed by atoms with E-state index in [2.05, 4.69) is 26.1 Å². The second-order valence-corrected chi connectivity index (χ2v) is 5.64. The average Bonchev–Trinajstić information content (AvgIpc) is 2.89. The molecule has 0 saturated heterocycles. The van der Waals surface area contributed by atoms with Gasteiger partial charge in [-0.2, -0.15) is 0 Å². The minimum atomic E-state index is 0.543. The summed E-state index contributed by atoms with van der Waals surface area (Å²) >= 11 is 0. The topological polar surface area (TPSA) is 21.3 Å². The van der Waals surface area contributed by atoms with E-state index in [-0.39, 0.29) is 0 Å². The zero-order valence-corrected chi connectivity index (χ0v) is 10.4. The highest BCUT2D eigenvalue weighted by molar-refractivity contribution is 4.99. The van der Waals surface area contributed by atoms with Crippen LogP contribution in [-0.2, 0) is 4.74 Å². The van der Waals surface area contributed by atoms with Gasteiger partial charge in [-0.05, 0) is 43.9 Å². The van der Waals surface area contributed by atoms with E-state index in [1.54, 1.807) is 0 Å². The van der Waals surface area contributed by atoms with Gasteiger partial charge in [0.2, 0.25) is 0 Å². The maximum Gasteiger partial charge on any atom is 0.0604 e. The van der Waals surface area contributed by atoms with Crippen LogP contribution < -0.4 is 5.32 Å². The third-order valence-corrected chi connectivity index (χ3v) is 4.36. The summed E-state index contributed by atoms with van der Waals surface area (Å²) < 4.78 is 5.56. The Hall–Kier alpha value is -0.0800. The summed E-state index contributed by atoms with van der Waals surface area (Å²) in [6, 6.07) is 0.734. The number of hydrogen-bond donors (Lipinski definition) is 1. The molecule has 0 amide bonds. The molecule has 0 aromatic carbocycles. The molecule has 2 nitrogen and oxygen atoms in total. The first-order valence-corrected chi connectivity index (χ1v) is 6.51. The van der Waals surface area contributed by atoms with Gasteiger partial charge in [-0.25, -0.2) is 0 Å². The zero-order chi connectivity index (χ0) is 10.9. The Kier molecular flexibility index (Phi) is 3.36. The van der Waals surface area contributed by atoms with E-state index in [1.165, 1.54) is 32.2 Å². The van der Waals surface area contributed by atoms with Gasteiger partial charge in [0.25, 0.3) is 0 Å². The monoisotopic (exact) mass is 211 g/mol. The fourth-order valence-corrected chi connectivity index (χ4v) is 2.57. The van der Waals surface area contributed by atoms with Crippen LogP contribution in [0.4, 0.5) is 0 Å². The van der Waals surface area contributed by atoms with Crippen LogP contribution in [0.2, 0.25) is 0 Å². The van der Waals surface area contributed by atoms with Gasteiger partial charge in [0.05, 0.1) is 6.10 Å². The number of rotatable bonds is 6. The molecule has 0 atom stereocenters. The summed E-state index contributed by atoms with van der Waals surface area (Å²) in [7, 11) is 0. The molecule has 0 bridgehead atoms. The number of nitrogens with one attached hydrogen (secondary N) is 1. The molecule has 0 radical (unpaired) electrons. The van der Waals surface area contributed by atoms with Crippen molar-refractivity contribution in [3.05, 3.63) is 0 Å². The van der Waals surface area contributed by atoms with Crippen molar-refractivity contribution >= 4 is 0 Å². The molecule has 0 unspecified atom stereocenters. The lowest BCUT2D eigenvalue weighted by molar-refractivity contribution is -0.0113. The molecule has 0 aromatic heterocycles. The van der Waals surface area contributed by atoms with Crippen LogP contribution >= 0.6 is 0 Å². The molecule has 2 fully saturated rings. The van der Waals surface area contributed by atoms with Crippen LogP contribution in [0.1, 0.15) is 46.5 Å². The Morgan fingerprint density at radius 3 is 2.47 bits per heavy atom. The first kappa shape index (κ1) is 11.4. The Morgan fingerprint density at radius 2 is 2.00 bits per heavy atom. The average molecular weight is 211 g/mol. The fourth-order valence-electron chi connectivity index (χ4n) is 2.57. The predicted molar refractivity (Wildman–Crippen MR) is 62.9 cm³/mol. The van der Waals surface area contributed by atoms with E-state index < -0.39 is 0 Å². The van der Waals surface area contributed by atoms with E-state index in [0.29, 0.717) is 11.5 Å². The van der Waals surface area contributed by atoms with Crippen LogP contribution in [0.5, 0.6) is 0 Å². The summed E-state index contributed by atoms with van der Waals surface area (Å²) in [6.07, 6.45) is 5.85. The molecule has 0 spiro atoms. The van der Waals surface area contributed by atoms with Gasteiger partial charge in [0.1, 0.15) is 0 Å². The van der Waals surface area contributed by atoms with Crippen LogP contribution in [0.3, 0.4) is 0 Å². The van der Waals surface area contributed by atoms with E-state index in [1.807, 2.05) is 0 Å². The van der Waals surface area contributed by atoms with Crippen molar-refractivity contribution in [2.75, 3.05) is 13.2 Å². The van der Waals surface area contributed by atoms with Gasteiger partial charge in [0, 0.05) is 19.2 Å². The van der Waals surface area contributed by atoms with Gasteiger partial charge in [-0.1, -0.05) is 13.8 Å². The molecule has 2 aliphatic rings. The van der Waals surface area contributed by atoms with Crippen LogP contribution in [0.25, 0.3) is 0 Å². The molecule has 2 rings (SSSR count). The summed E-state index contributed by atoms with van der Waals surface area (Å²) in [6.45, 7) is 8.90. The Bertz CT molecular complexity index is 205. The minimum Gasteiger partial charge on any atom is -0.378 e. The van der Waals surface area contributed by atoms with Crippen LogP contribution in [-0.4, -0.2) is 25.3 Å². The molecule has 0 heterocycles. The predicted octanol–water partition coefficient (Wildman–Crippen LogP) is 2.58. The van der Waals surface area contributed by atoms with E-state index in [0.717, 1.165) is 18.6 Å². The van der Waals surface area contributed by atoms with Crippen molar-refractivity contribution in [2.45, 2.75) is 58.6 Å². The normalized spacial score (nSPS) is 32.8. The quantitative estimate of drug-likeness (QED) is 0.729. The van der Waals surface area contributed by atoms with Crippen molar-refractivity contribution in [3.63, 3.8) is 0 Å². The van der Waals surface area contributed by atoms with E-state index in [9.17, 15) is 0 Å². The maximum absolute atomic E-state index is 5.56. The molecular weight excluding hydrogens is 186 g/mol. The Labute approximate surface area is 93.8 Å². The smallest absolute Gasteiger partial charge is 0.0604 e. The minimum absolute atomic E-state index is 0.543. The van der Waals surface area contributed by atoms with Crippen LogP contribution in [0.15, 0.2) is 0 Å². The second-order valence-electron chi connectivity index (χ2n) is 5.64. The molecular formula is C13H25NO. The molecule has 2 saturated carbocycles. The van der Waals surface area contributed by atoms with E-state index in [4.69, 9.17) is 4.74 Å². The standard InChI is InChI=1S/C13H25NO/c1-4-15-12-7-11(8-12)14-9-13(5-6-13)10(2)3/h10-12,14H,4-9H2,1-3H3. The summed E-state index contributed by atoms with van der Waals surface area (Å²) in [5.41, 5.74) is 0.650. The first-order chi connectivity index (χ1) is 7.16. The second kappa shape index (κ2) is 4.42. The SMILES string of the molecule is CCOC1CC(NCC2(C(C)C)CC2)C1. The van der Waals surface area contributed by atoms with Crippen LogP contribution in [0, 0.1) is 11.3 Å². The molecule has 0 aromatic rings. The third kappa shape index (κ3) is 2.54. The zero-order valence-electron chi connectivity index (χ0n) is 10.4. The lowest BCUT2D eigenvalue weighted by Gasteiger charge is -2.37. The van der Waals surface area contributed by atoms with Gasteiger partial charge in [-0.3, -0.25) is 0 Å². The largest absolute Gasteiger partial charge is 0.378 e.